The zero-order chi connectivity index (χ0) is 16.4. The van der Waals surface area contributed by atoms with Crippen LogP contribution in [0, 0.1) is 6.92 Å². The number of thiazole rings is 1. The van der Waals surface area contributed by atoms with E-state index in [1.165, 1.54) is 28.3 Å². The number of aryl methyl sites for hydroxylation is 1. The summed E-state index contributed by atoms with van der Waals surface area (Å²) < 4.78 is 11.2. The van der Waals surface area contributed by atoms with Crippen LogP contribution in [0.3, 0.4) is 0 Å². The van der Waals surface area contributed by atoms with Crippen LogP contribution in [0.1, 0.15) is 28.6 Å². The first-order chi connectivity index (χ1) is 11.8. The molecule has 1 aliphatic heterocycles. The maximum absolute atomic E-state index is 5.88. The molecule has 0 N–H and O–H groups in total. The quantitative estimate of drug-likeness (QED) is 0.800. The van der Waals surface area contributed by atoms with Crippen molar-refractivity contribution in [3.63, 3.8) is 0 Å². The highest BCUT2D eigenvalue weighted by Crippen LogP contribution is 2.44. The molecule has 1 aromatic carbocycles. The summed E-state index contributed by atoms with van der Waals surface area (Å²) in [6.07, 6.45) is 2.62. The summed E-state index contributed by atoms with van der Waals surface area (Å²) in [4.78, 5) is 8.56. The first kappa shape index (κ1) is 16.1. The number of rotatable bonds is 6. The molecule has 1 saturated carbocycles. The summed E-state index contributed by atoms with van der Waals surface area (Å²) >= 11 is 1.86. The van der Waals surface area contributed by atoms with Gasteiger partial charge in [-0.15, -0.1) is 11.3 Å². The summed E-state index contributed by atoms with van der Waals surface area (Å²) in [6.45, 7) is 7.55. The van der Waals surface area contributed by atoms with Gasteiger partial charge in [-0.1, -0.05) is 0 Å². The van der Waals surface area contributed by atoms with Crippen LogP contribution in [0.5, 0.6) is 5.75 Å². The highest BCUT2D eigenvalue weighted by atomic mass is 32.1. The molecule has 4 rings (SSSR count). The summed E-state index contributed by atoms with van der Waals surface area (Å²) in [6, 6.07) is 8.38. The number of nitrogens with zero attached hydrogens (tertiary/aromatic N) is 2. The van der Waals surface area contributed by atoms with E-state index < -0.39 is 0 Å². The molecule has 2 aliphatic rings. The van der Waals surface area contributed by atoms with Crippen LogP contribution >= 0.6 is 11.3 Å². The minimum absolute atomic E-state index is 0.723. The summed E-state index contributed by atoms with van der Waals surface area (Å²) in [5.74, 6) is 1.66. The molecule has 5 heteroatoms. The van der Waals surface area contributed by atoms with Gasteiger partial charge in [-0.05, 0) is 44.0 Å². The normalized spacial score (nSPS) is 18.7. The van der Waals surface area contributed by atoms with Gasteiger partial charge < -0.3 is 9.47 Å². The van der Waals surface area contributed by atoms with Crippen LogP contribution in [-0.4, -0.2) is 49.3 Å². The average Bonchev–Trinajstić information content (AvgIpc) is 3.39. The van der Waals surface area contributed by atoms with E-state index in [1.807, 2.05) is 11.3 Å². The second-order valence-corrected chi connectivity index (χ2v) is 7.79. The maximum atomic E-state index is 5.88. The molecule has 2 heterocycles. The Morgan fingerprint density at radius 1 is 1.21 bits per heavy atom. The molecule has 1 aromatic heterocycles. The van der Waals surface area contributed by atoms with Crippen molar-refractivity contribution in [1.82, 2.24) is 9.88 Å². The smallest absolute Gasteiger partial charge is 0.119 e. The molecule has 0 radical (unpaired) electrons. The van der Waals surface area contributed by atoms with E-state index in [1.54, 1.807) is 0 Å². The highest BCUT2D eigenvalue weighted by Gasteiger charge is 2.27. The van der Waals surface area contributed by atoms with Gasteiger partial charge in [-0.25, -0.2) is 4.98 Å². The monoisotopic (exact) mass is 344 g/mol. The Kier molecular flexibility index (Phi) is 4.83. The Labute approximate surface area is 147 Å². The molecule has 0 amide bonds. The molecule has 0 atom stereocenters. The molecule has 0 bridgehead atoms. The molecule has 0 spiro atoms. The molecule has 4 nitrogen and oxygen atoms in total. The van der Waals surface area contributed by atoms with Gasteiger partial charge in [0.1, 0.15) is 12.4 Å². The summed E-state index contributed by atoms with van der Waals surface area (Å²) in [5, 5.41) is 1.31. The van der Waals surface area contributed by atoms with Crippen LogP contribution in [0.4, 0.5) is 0 Å². The molecule has 2 fully saturated rings. The number of aromatic nitrogens is 1. The third kappa shape index (κ3) is 3.79. The lowest BCUT2D eigenvalue weighted by Gasteiger charge is -2.26. The van der Waals surface area contributed by atoms with Gasteiger partial charge in [-0.3, -0.25) is 4.90 Å². The molecule has 24 heavy (non-hydrogen) atoms. The van der Waals surface area contributed by atoms with E-state index in [-0.39, 0.29) is 0 Å². The van der Waals surface area contributed by atoms with Crippen LogP contribution in [-0.2, 0) is 4.74 Å². The van der Waals surface area contributed by atoms with Gasteiger partial charge >= 0.3 is 0 Å². The summed E-state index contributed by atoms with van der Waals surface area (Å²) in [7, 11) is 0. The van der Waals surface area contributed by atoms with E-state index in [2.05, 4.69) is 36.1 Å². The number of ether oxygens (including phenoxy) is 2. The first-order valence-electron chi connectivity index (χ1n) is 8.80. The highest BCUT2D eigenvalue weighted by molar-refractivity contribution is 7.12. The van der Waals surface area contributed by atoms with Gasteiger partial charge in [-0.2, -0.15) is 0 Å². The van der Waals surface area contributed by atoms with Crippen LogP contribution in [0.15, 0.2) is 24.3 Å². The minimum atomic E-state index is 0.723. The Morgan fingerprint density at radius 3 is 2.67 bits per heavy atom. The lowest BCUT2D eigenvalue weighted by Crippen LogP contribution is -2.38. The number of benzene rings is 1. The third-order valence-corrected chi connectivity index (χ3v) is 5.78. The number of hydrogen-bond acceptors (Lipinski definition) is 5. The zero-order valence-electron chi connectivity index (χ0n) is 14.2. The van der Waals surface area contributed by atoms with Crippen molar-refractivity contribution in [3.05, 3.63) is 34.2 Å². The molecule has 0 unspecified atom stereocenters. The maximum Gasteiger partial charge on any atom is 0.119 e. The second kappa shape index (κ2) is 7.21. The van der Waals surface area contributed by atoms with E-state index in [9.17, 15) is 0 Å². The SMILES string of the molecule is Cc1sc(C2CC2)nc1-c1ccc(OCCN2CCOCC2)cc1. The Morgan fingerprint density at radius 2 is 1.96 bits per heavy atom. The van der Waals surface area contributed by atoms with Crippen molar-refractivity contribution in [2.24, 2.45) is 0 Å². The van der Waals surface area contributed by atoms with E-state index in [4.69, 9.17) is 14.5 Å². The second-order valence-electron chi connectivity index (χ2n) is 6.56. The van der Waals surface area contributed by atoms with Gasteiger partial charge in [0.15, 0.2) is 0 Å². The van der Waals surface area contributed by atoms with Crippen molar-refractivity contribution in [1.29, 1.82) is 0 Å². The number of hydrogen-bond donors (Lipinski definition) is 0. The molecular weight excluding hydrogens is 320 g/mol. The lowest BCUT2D eigenvalue weighted by atomic mass is 10.1. The standard InChI is InChI=1S/C19H24N2O2S/c1-14-18(20-19(24-14)16-2-3-16)15-4-6-17(7-5-15)23-13-10-21-8-11-22-12-9-21/h4-7,16H,2-3,8-13H2,1H3. The minimum Gasteiger partial charge on any atom is -0.492 e. The van der Waals surface area contributed by atoms with Crippen molar-refractivity contribution in [2.45, 2.75) is 25.7 Å². The van der Waals surface area contributed by atoms with Gasteiger partial charge in [0.25, 0.3) is 0 Å². The third-order valence-electron chi connectivity index (χ3n) is 4.65. The van der Waals surface area contributed by atoms with Gasteiger partial charge in [0.05, 0.1) is 23.9 Å². The molecule has 128 valence electrons. The zero-order valence-corrected chi connectivity index (χ0v) is 15.0. The summed E-state index contributed by atoms with van der Waals surface area (Å²) in [5.41, 5.74) is 2.33. The molecular formula is C19H24N2O2S. The molecule has 2 aromatic rings. The van der Waals surface area contributed by atoms with E-state index in [0.717, 1.165) is 56.8 Å². The van der Waals surface area contributed by atoms with Crippen molar-refractivity contribution in [3.8, 4) is 17.0 Å². The topological polar surface area (TPSA) is 34.6 Å². The van der Waals surface area contributed by atoms with Crippen LogP contribution in [0.2, 0.25) is 0 Å². The average molecular weight is 344 g/mol. The van der Waals surface area contributed by atoms with Crippen molar-refractivity contribution in [2.75, 3.05) is 39.5 Å². The van der Waals surface area contributed by atoms with E-state index >= 15 is 0 Å². The fourth-order valence-electron chi connectivity index (χ4n) is 3.02. The lowest BCUT2D eigenvalue weighted by molar-refractivity contribution is 0.0322. The van der Waals surface area contributed by atoms with Gasteiger partial charge in [0, 0.05) is 36.0 Å². The predicted molar refractivity (Wildman–Crippen MR) is 97.0 cm³/mol. The van der Waals surface area contributed by atoms with E-state index in [0.29, 0.717) is 0 Å². The number of morpholine rings is 1. The largest absolute Gasteiger partial charge is 0.492 e. The fraction of sp³-hybridized carbons (Fsp3) is 0.526. The van der Waals surface area contributed by atoms with Crippen LogP contribution in [0.25, 0.3) is 11.3 Å². The first-order valence-corrected chi connectivity index (χ1v) is 9.62. The molecule has 1 saturated heterocycles. The molecule has 1 aliphatic carbocycles. The van der Waals surface area contributed by atoms with Gasteiger partial charge in [0.2, 0.25) is 0 Å². The predicted octanol–water partition coefficient (Wildman–Crippen LogP) is 3.71. The fourth-order valence-corrected chi connectivity index (χ4v) is 4.13. The van der Waals surface area contributed by atoms with Crippen LogP contribution < -0.4 is 4.74 Å². The van der Waals surface area contributed by atoms with Crippen molar-refractivity contribution < 1.29 is 9.47 Å². The Hall–Kier alpha value is -1.43. The van der Waals surface area contributed by atoms with Crippen molar-refractivity contribution >= 4 is 11.3 Å². The Balaban J connectivity index is 1.34. The Bertz CT molecular complexity index is 673.